The zero-order chi connectivity index (χ0) is 20.5. The van der Waals surface area contributed by atoms with Crippen LogP contribution < -0.4 is 15.5 Å². The highest BCUT2D eigenvalue weighted by Gasteiger charge is 2.15. The van der Waals surface area contributed by atoms with Crippen molar-refractivity contribution < 1.29 is 4.74 Å². The number of nitrogens with zero attached hydrogens (tertiary/aromatic N) is 5. The minimum atomic E-state index is 0. The van der Waals surface area contributed by atoms with Crippen LogP contribution in [0.25, 0.3) is 0 Å². The van der Waals surface area contributed by atoms with Gasteiger partial charge in [-0.15, -0.1) is 34.2 Å². The van der Waals surface area contributed by atoms with Crippen molar-refractivity contribution >= 4 is 35.6 Å². The van der Waals surface area contributed by atoms with Gasteiger partial charge in [0.15, 0.2) is 11.8 Å². The molecule has 9 heteroatoms. The number of hydrogen-bond donors (Lipinski definition) is 2. The van der Waals surface area contributed by atoms with Crippen molar-refractivity contribution in [2.75, 3.05) is 38.2 Å². The minimum absolute atomic E-state index is 0. The monoisotopic (exact) mass is 527 g/mol. The van der Waals surface area contributed by atoms with Gasteiger partial charge in [0.05, 0.1) is 6.10 Å². The molecule has 1 aliphatic heterocycles. The number of guanidine groups is 1. The van der Waals surface area contributed by atoms with Crippen molar-refractivity contribution in [3.8, 4) is 0 Å². The molecule has 0 radical (unpaired) electrons. The van der Waals surface area contributed by atoms with Gasteiger partial charge >= 0.3 is 0 Å². The first-order chi connectivity index (χ1) is 14.1. The molecule has 1 fully saturated rings. The SMILES string of the molecule is Cc1nnc(CN=C(NCCCN(C)c2ccccc2)NCC2CCCO2)n1C.I. The lowest BCUT2D eigenvalue weighted by Crippen LogP contribution is -2.42. The Labute approximate surface area is 196 Å². The molecule has 8 nitrogen and oxygen atoms in total. The molecule has 166 valence electrons. The average Bonchev–Trinajstić information content (AvgIpc) is 3.38. The lowest BCUT2D eigenvalue weighted by molar-refractivity contribution is 0.114. The van der Waals surface area contributed by atoms with Crippen LogP contribution in [0.1, 0.15) is 30.9 Å². The summed E-state index contributed by atoms with van der Waals surface area (Å²) in [5.41, 5.74) is 1.23. The molecule has 1 aromatic heterocycles. The first-order valence-corrected chi connectivity index (χ1v) is 10.4. The summed E-state index contributed by atoms with van der Waals surface area (Å²) >= 11 is 0. The Morgan fingerprint density at radius 1 is 1.27 bits per heavy atom. The molecule has 0 spiro atoms. The Kier molecular flexibility index (Phi) is 10.4. The zero-order valence-electron chi connectivity index (χ0n) is 18.2. The second-order valence-electron chi connectivity index (χ2n) is 7.44. The summed E-state index contributed by atoms with van der Waals surface area (Å²) in [5, 5.41) is 15.2. The molecule has 3 rings (SSSR count). The van der Waals surface area contributed by atoms with E-state index in [1.807, 2.05) is 24.6 Å². The van der Waals surface area contributed by atoms with Crippen LogP contribution in [0.4, 0.5) is 5.69 Å². The van der Waals surface area contributed by atoms with Crippen LogP contribution in [-0.2, 0) is 18.3 Å². The van der Waals surface area contributed by atoms with Gasteiger partial charge in [-0.3, -0.25) is 0 Å². The van der Waals surface area contributed by atoms with E-state index in [4.69, 9.17) is 9.73 Å². The number of rotatable bonds is 9. The second kappa shape index (κ2) is 12.7. The van der Waals surface area contributed by atoms with E-state index in [1.54, 1.807) is 0 Å². The first kappa shape index (κ1) is 24.4. The van der Waals surface area contributed by atoms with E-state index >= 15 is 0 Å². The van der Waals surface area contributed by atoms with Crippen molar-refractivity contribution in [2.24, 2.45) is 12.0 Å². The van der Waals surface area contributed by atoms with Gasteiger partial charge in [-0.05, 0) is 38.3 Å². The third-order valence-electron chi connectivity index (χ3n) is 5.24. The first-order valence-electron chi connectivity index (χ1n) is 10.4. The number of halogens is 1. The maximum absolute atomic E-state index is 5.72. The molecule has 2 aromatic rings. The van der Waals surface area contributed by atoms with E-state index in [0.29, 0.717) is 6.54 Å². The number of aromatic nitrogens is 3. The number of para-hydroxylation sites is 1. The van der Waals surface area contributed by atoms with Crippen LogP contribution in [0.5, 0.6) is 0 Å². The number of benzene rings is 1. The van der Waals surface area contributed by atoms with Crippen LogP contribution in [0.2, 0.25) is 0 Å². The van der Waals surface area contributed by atoms with Crippen LogP contribution in [0, 0.1) is 6.92 Å². The summed E-state index contributed by atoms with van der Waals surface area (Å²) in [6, 6.07) is 10.4. The number of anilines is 1. The smallest absolute Gasteiger partial charge is 0.191 e. The van der Waals surface area contributed by atoms with E-state index < -0.39 is 0 Å². The molecule has 1 atom stereocenters. The standard InChI is InChI=1S/C21H33N7O.HI/c1-17-25-26-20(28(17)3)16-24-21(23-15-19-11-7-14-29-19)22-12-8-13-27(2)18-9-5-4-6-10-18;/h4-6,9-10,19H,7-8,11-16H2,1-3H3,(H2,22,23,24);1H. The summed E-state index contributed by atoms with van der Waals surface area (Å²) < 4.78 is 7.68. The Balaban J connectivity index is 0.00000320. The summed E-state index contributed by atoms with van der Waals surface area (Å²) in [5.74, 6) is 2.54. The summed E-state index contributed by atoms with van der Waals surface area (Å²) in [6.07, 6.45) is 3.51. The highest BCUT2D eigenvalue weighted by molar-refractivity contribution is 14.0. The molecular weight excluding hydrogens is 493 g/mol. The summed E-state index contributed by atoms with van der Waals surface area (Å²) in [6.45, 7) is 5.87. The molecule has 0 saturated carbocycles. The minimum Gasteiger partial charge on any atom is -0.376 e. The average molecular weight is 527 g/mol. The summed E-state index contributed by atoms with van der Waals surface area (Å²) in [7, 11) is 4.09. The number of ether oxygens (including phenoxy) is 1. The number of aryl methyl sites for hydroxylation is 1. The quantitative estimate of drug-likeness (QED) is 0.226. The fourth-order valence-corrected chi connectivity index (χ4v) is 3.26. The van der Waals surface area contributed by atoms with Gasteiger partial charge in [-0.25, -0.2) is 4.99 Å². The molecule has 0 aliphatic carbocycles. The van der Waals surface area contributed by atoms with Crippen molar-refractivity contribution in [2.45, 2.75) is 38.8 Å². The zero-order valence-corrected chi connectivity index (χ0v) is 20.5. The predicted octanol–water partition coefficient (Wildman–Crippen LogP) is 2.48. The molecule has 0 amide bonds. The molecule has 2 heterocycles. The largest absolute Gasteiger partial charge is 0.376 e. The summed E-state index contributed by atoms with van der Waals surface area (Å²) in [4.78, 5) is 6.97. The second-order valence-corrected chi connectivity index (χ2v) is 7.44. The highest BCUT2D eigenvalue weighted by Crippen LogP contribution is 2.11. The number of nitrogens with one attached hydrogen (secondary N) is 2. The molecular formula is C21H34IN7O. The lowest BCUT2D eigenvalue weighted by Gasteiger charge is -2.20. The van der Waals surface area contributed by atoms with Gasteiger partial charge in [0.2, 0.25) is 0 Å². The van der Waals surface area contributed by atoms with Gasteiger partial charge in [-0.1, -0.05) is 18.2 Å². The molecule has 1 unspecified atom stereocenters. The molecule has 1 saturated heterocycles. The van der Waals surface area contributed by atoms with Crippen molar-refractivity contribution in [1.82, 2.24) is 25.4 Å². The van der Waals surface area contributed by atoms with Crippen LogP contribution >= 0.6 is 24.0 Å². The Bertz CT molecular complexity index is 775. The Morgan fingerprint density at radius 2 is 2.07 bits per heavy atom. The molecule has 0 bridgehead atoms. The van der Waals surface area contributed by atoms with Crippen molar-refractivity contribution in [3.63, 3.8) is 0 Å². The topological polar surface area (TPSA) is 79.6 Å². The van der Waals surface area contributed by atoms with Gasteiger partial charge in [-0.2, -0.15) is 0 Å². The van der Waals surface area contributed by atoms with E-state index in [1.165, 1.54) is 5.69 Å². The normalized spacial score (nSPS) is 16.2. The number of aliphatic imine (C=N–C) groups is 1. The maximum atomic E-state index is 5.72. The van der Waals surface area contributed by atoms with Crippen LogP contribution in [-0.4, -0.2) is 60.1 Å². The molecule has 1 aliphatic rings. The van der Waals surface area contributed by atoms with Gasteiger partial charge in [0.1, 0.15) is 12.4 Å². The Morgan fingerprint density at radius 3 is 2.73 bits per heavy atom. The van der Waals surface area contributed by atoms with Gasteiger partial charge in [0, 0.05) is 46.0 Å². The Hall–Kier alpha value is -1.88. The fraction of sp³-hybridized carbons (Fsp3) is 0.571. The van der Waals surface area contributed by atoms with Crippen molar-refractivity contribution in [3.05, 3.63) is 42.0 Å². The van der Waals surface area contributed by atoms with Gasteiger partial charge in [0.25, 0.3) is 0 Å². The highest BCUT2D eigenvalue weighted by atomic mass is 127. The van der Waals surface area contributed by atoms with E-state index in [-0.39, 0.29) is 30.1 Å². The van der Waals surface area contributed by atoms with E-state index in [2.05, 4.69) is 57.0 Å². The van der Waals surface area contributed by atoms with Crippen LogP contribution in [0.3, 0.4) is 0 Å². The van der Waals surface area contributed by atoms with E-state index in [0.717, 1.165) is 63.1 Å². The molecule has 1 aromatic carbocycles. The van der Waals surface area contributed by atoms with Crippen molar-refractivity contribution in [1.29, 1.82) is 0 Å². The van der Waals surface area contributed by atoms with Gasteiger partial charge < -0.3 is 24.8 Å². The predicted molar refractivity (Wildman–Crippen MR) is 132 cm³/mol. The molecule has 30 heavy (non-hydrogen) atoms. The maximum Gasteiger partial charge on any atom is 0.191 e. The fourth-order valence-electron chi connectivity index (χ4n) is 3.26. The number of hydrogen-bond acceptors (Lipinski definition) is 5. The van der Waals surface area contributed by atoms with E-state index in [9.17, 15) is 0 Å². The molecule has 2 N–H and O–H groups in total. The van der Waals surface area contributed by atoms with Crippen LogP contribution in [0.15, 0.2) is 35.3 Å². The third-order valence-corrected chi connectivity index (χ3v) is 5.24. The lowest BCUT2D eigenvalue weighted by atomic mass is 10.2. The third kappa shape index (κ3) is 7.42.